The van der Waals surface area contributed by atoms with Gasteiger partial charge in [0.25, 0.3) is 5.69 Å². The van der Waals surface area contributed by atoms with E-state index in [1.165, 1.54) is 60.7 Å². The van der Waals surface area contributed by atoms with Crippen LogP contribution in [0, 0.1) is 10.1 Å². The number of sulfonamides is 1. The van der Waals surface area contributed by atoms with E-state index in [0.717, 1.165) is 5.56 Å². The first-order valence-corrected chi connectivity index (χ1v) is 11.2. The van der Waals surface area contributed by atoms with Crippen molar-refractivity contribution in [1.82, 2.24) is 4.72 Å². The monoisotopic (exact) mass is 451 g/mol. The molecule has 0 saturated heterocycles. The zero-order valence-electron chi connectivity index (χ0n) is 17.0. The molecule has 164 valence electrons. The van der Waals surface area contributed by atoms with Crippen LogP contribution < -0.4 is 10.0 Å². The van der Waals surface area contributed by atoms with Crippen LogP contribution in [0.25, 0.3) is 6.08 Å². The van der Waals surface area contributed by atoms with Gasteiger partial charge in [-0.15, -0.1) is 0 Å². The van der Waals surface area contributed by atoms with Crippen LogP contribution in [0.2, 0.25) is 0 Å². The van der Waals surface area contributed by atoms with Crippen LogP contribution in [0.3, 0.4) is 0 Å². The number of nitro groups is 1. The van der Waals surface area contributed by atoms with Gasteiger partial charge in [0.2, 0.25) is 15.9 Å². The van der Waals surface area contributed by atoms with Gasteiger partial charge in [0.05, 0.1) is 9.82 Å². The van der Waals surface area contributed by atoms with Gasteiger partial charge >= 0.3 is 0 Å². The number of nitrogens with one attached hydrogen (secondary N) is 2. The lowest BCUT2D eigenvalue weighted by Crippen LogP contribution is -2.26. The molecule has 3 aromatic rings. The summed E-state index contributed by atoms with van der Waals surface area (Å²) in [6.45, 7) is 0.276. The molecule has 8 nitrogen and oxygen atoms in total. The van der Waals surface area contributed by atoms with Crippen LogP contribution in [-0.4, -0.2) is 25.8 Å². The van der Waals surface area contributed by atoms with Crippen molar-refractivity contribution in [3.8, 4) is 0 Å². The number of non-ortho nitro benzene ring substituents is 1. The van der Waals surface area contributed by atoms with Crippen LogP contribution in [-0.2, 0) is 21.2 Å². The molecule has 0 fully saturated rings. The molecule has 0 aliphatic rings. The standard InChI is InChI=1S/C23H21N3O5S/c27-23(15-8-19-6-11-21(12-7-19)26(28)29)25-20-9-13-22(14-10-20)32(30,31)24-17-16-18-4-2-1-3-5-18/h1-15,24H,16-17H2,(H,25,27)/b15-8+. The van der Waals surface area contributed by atoms with E-state index in [-0.39, 0.29) is 17.1 Å². The summed E-state index contributed by atoms with van der Waals surface area (Å²) in [7, 11) is -3.66. The topological polar surface area (TPSA) is 118 Å². The quantitative estimate of drug-likeness (QED) is 0.292. The number of benzene rings is 3. The number of nitrogens with zero attached hydrogens (tertiary/aromatic N) is 1. The molecule has 2 N–H and O–H groups in total. The predicted octanol–water partition coefficient (Wildman–Crippen LogP) is 3.77. The van der Waals surface area contributed by atoms with Crippen LogP contribution in [0.5, 0.6) is 0 Å². The molecular formula is C23H21N3O5S. The molecule has 9 heteroatoms. The molecule has 3 aromatic carbocycles. The highest BCUT2D eigenvalue weighted by Gasteiger charge is 2.13. The molecule has 1 amide bonds. The van der Waals surface area contributed by atoms with Gasteiger partial charge in [-0.1, -0.05) is 30.3 Å². The average Bonchev–Trinajstić information content (AvgIpc) is 2.79. The van der Waals surface area contributed by atoms with E-state index in [9.17, 15) is 23.3 Å². The number of rotatable bonds is 9. The molecule has 0 saturated carbocycles. The first-order valence-electron chi connectivity index (χ1n) is 9.71. The molecule has 0 heterocycles. The summed E-state index contributed by atoms with van der Waals surface area (Å²) in [5.74, 6) is -0.417. The summed E-state index contributed by atoms with van der Waals surface area (Å²) in [5, 5.41) is 13.3. The number of carbonyl (C=O) groups is 1. The first kappa shape index (κ1) is 22.9. The summed E-state index contributed by atoms with van der Waals surface area (Å²) < 4.78 is 27.4. The van der Waals surface area contributed by atoms with Crippen molar-refractivity contribution in [2.45, 2.75) is 11.3 Å². The number of anilines is 1. The highest BCUT2D eigenvalue weighted by atomic mass is 32.2. The second-order valence-corrected chi connectivity index (χ2v) is 8.60. The highest BCUT2D eigenvalue weighted by molar-refractivity contribution is 7.89. The molecule has 0 aliphatic carbocycles. The molecule has 0 unspecified atom stereocenters. The summed E-state index contributed by atoms with van der Waals surface area (Å²) in [6, 6.07) is 21.2. The van der Waals surface area contributed by atoms with Gasteiger partial charge in [-0.2, -0.15) is 0 Å². The van der Waals surface area contributed by atoms with Crippen molar-refractivity contribution < 1.29 is 18.1 Å². The molecular weight excluding hydrogens is 430 g/mol. The van der Waals surface area contributed by atoms with Crippen molar-refractivity contribution in [3.05, 3.63) is 106 Å². The van der Waals surface area contributed by atoms with Crippen molar-refractivity contribution >= 4 is 33.4 Å². The zero-order valence-corrected chi connectivity index (χ0v) is 17.8. The second-order valence-electron chi connectivity index (χ2n) is 6.83. The van der Waals surface area contributed by atoms with Crippen molar-refractivity contribution in [3.63, 3.8) is 0 Å². The minimum absolute atomic E-state index is 0.0313. The van der Waals surface area contributed by atoms with E-state index in [1.54, 1.807) is 0 Å². The fourth-order valence-corrected chi connectivity index (χ4v) is 3.87. The third kappa shape index (κ3) is 6.59. The maximum absolute atomic E-state index is 12.4. The molecule has 3 rings (SSSR count). The predicted molar refractivity (Wildman–Crippen MR) is 123 cm³/mol. The minimum Gasteiger partial charge on any atom is -0.323 e. The number of hydrogen-bond donors (Lipinski definition) is 2. The Morgan fingerprint density at radius 1 is 0.938 bits per heavy atom. The van der Waals surface area contributed by atoms with E-state index in [2.05, 4.69) is 10.0 Å². The largest absolute Gasteiger partial charge is 0.323 e. The van der Waals surface area contributed by atoms with Crippen LogP contribution in [0.4, 0.5) is 11.4 Å². The first-order chi connectivity index (χ1) is 15.3. The van der Waals surface area contributed by atoms with E-state index in [4.69, 9.17) is 0 Å². The Kier molecular flexibility index (Phi) is 7.48. The number of amides is 1. The van der Waals surface area contributed by atoms with E-state index < -0.39 is 20.9 Å². The zero-order chi connectivity index (χ0) is 23.0. The van der Waals surface area contributed by atoms with Crippen LogP contribution in [0.15, 0.2) is 89.8 Å². The van der Waals surface area contributed by atoms with Crippen LogP contribution in [0.1, 0.15) is 11.1 Å². The molecule has 0 aliphatic heterocycles. The molecule has 0 bridgehead atoms. The molecule has 32 heavy (non-hydrogen) atoms. The average molecular weight is 452 g/mol. The fraction of sp³-hybridized carbons (Fsp3) is 0.0870. The minimum atomic E-state index is -3.66. The van der Waals surface area contributed by atoms with Gasteiger partial charge in [0.1, 0.15) is 0 Å². The van der Waals surface area contributed by atoms with Crippen LogP contribution >= 0.6 is 0 Å². The maximum Gasteiger partial charge on any atom is 0.269 e. The molecule has 0 aromatic heterocycles. The van der Waals surface area contributed by atoms with Crippen molar-refractivity contribution in [2.75, 3.05) is 11.9 Å². The Balaban J connectivity index is 1.53. The fourth-order valence-electron chi connectivity index (χ4n) is 2.84. The number of carbonyl (C=O) groups excluding carboxylic acids is 1. The van der Waals surface area contributed by atoms with Crippen molar-refractivity contribution in [1.29, 1.82) is 0 Å². The molecule has 0 atom stereocenters. The smallest absolute Gasteiger partial charge is 0.269 e. The van der Waals surface area contributed by atoms with Gasteiger partial charge in [0.15, 0.2) is 0 Å². The summed E-state index contributed by atoms with van der Waals surface area (Å²) >= 11 is 0. The summed E-state index contributed by atoms with van der Waals surface area (Å²) in [6.07, 6.45) is 3.39. The second kappa shape index (κ2) is 10.5. The van der Waals surface area contributed by atoms with E-state index in [0.29, 0.717) is 17.7 Å². The van der Waals surface area contributed by atoms with E-state index in [1.807, 2.05) is 30.3 Å². The van der Waals surface area contributed by atoms with Gasteiger partial charge in [-0.05, 0) is 60.0 Å². The van der Waals surface area contributed by atoms with Gasteiger partial charge in [-0.25, -0.2) is 13.1 Å². The Morgan fingerprint density at radius 2 is 1.59 bits per heavy atom. The van der Waals surface area contributed by atoms with Crippen molar-refractivity contribution in [2.24, 2.45) is 0 Å². The van der Waals surface area contributed by atoms with Gasteiger partial charge in [0, 0.05) is 30.4 Å². The summed E-state index contributed by atoms with van der Waals surface area (Å²) in [5.41, 5.74) is 2.08. The highest BCUT2D eigenvalue weighted by Crippen LogP contribution is 2.15. The molecule has 0 radical (unpaired) electrons. The number of hydrogen-bond acceptors (Lipinski definition) is 5. The maximum atomic E-state index is 12.4. The molecule has 0 spiro atoms. The third-order valence-electron chi connectivity index (χ3n) is 4.51. The SMILES string of the molecule is O=C(/C=C/c1ccc([N+](=O)[O-])cc1)Nc1ccc(S(=O)(=O)NCCc2ccccc2)cc1. The van der Waals surface area contributed by atoms with Gasteiger partial charge < -0.3 is 5.32 Å². The van der Waals surface area contributed by atoms with E-state index >= 15 is 0 Å². The Labute approximate surface area is 185 Å². The Morgan fingerprint density at radius 3 is 2.22 bits per heavy atom. The lowest BCUT2D eigenvalue weighted by molar-refractivity contribution is -0.384. The Bertz CT molecular complexity index is 1210. The summed E-state index contributed by atoms with van der Waals surface area (Å²) in [4.78, 5) is 22.3. The third-order valence-corrected chi connectivity index (χ3v) is 5.99. The Hall–Kier alpha value is -3.82. The normalized spacial score (nSPS) is 11.4. The number of nitro benzene ring substituents is 1. The lowest BCUT2D eigenvalue weighted by Gasteiger charge is -2.08. The lowest BCUT2D eigenvalue weighted by atomic mass is 10.2. The van der Waals surface area contributed by atoms with Gasteiger partial charge in [-0.3, -0.25) is 14.9 Å².